The Kier molecular flexibility index (Phi) is 8.45. The lowest BCUT2D eigenvalue weighted by atomic mass is 10.2. The van der Waals surface area contributed by atoms with Crippen LogP contribution >= 0.6 is 0 Å². The van der Waals surface area contributed by atoms with Gasteiger partial charge in [-0.1, -0.05) is 20.8 Å². The third-order valence-electron chi connectivity index (χ3n) is 4.91. The van der Waals surface area contributed by atoms with Crippen molar-refractivity contribution < 1.29 is 23.5 Å². The van der Waals surface area contributed by atoms with Gasteiger partial charge in [0, 0.05) is 5.69 Å². The average Bonchev–Trinajstić information content (AvgIpc) is 2.90. The first-order valence-corrected chi connectivity index (χ1v) is 12.9. The van der Waals surface area contributed by atoms with E-state index in [0.717, 1.165) is 5.69 Å². The van der Waals surface area contributed by atoms with Gasteiger partial charge in [0.1, 0.15) is 11.3 Å². The van der Waals surface area contributed by atoms with Crippen LogP contribution in [0.3, 0.4) is 0 Å². The van der Waals surface area contributed by atoms with Gasteiger partial charge in [0.25, 0.3) is 0 Å². The number of carbonyl (C=O) groups excluding carboxylic acids is 2. The monoisotopic (exact) mass is 439 g/mol. The fraction of sp³-hybridized carbons (Fsp3) is 0.667. The number of alkyl carbamates (subject to hydrolysis) is 1. The van der Waals surface area contributed by atoms with Crippen molar-refractivity contribution in [1.82, 2.24) is 15.1 Å². The highest BCUT2D eigenvalue weighted by molar-refractivity contribution is 6.74. The van der Waals surface area contributed by atoms with E-state index in [-0.39, 0.29) is 10.7 Å². The van der Waals surface area contributed by atoms with Crippen LogP contribution in [-0.2, 0) is 25.2 Å². The highest BCUT2D eigenvalue weighted by Gasteiger charge is 2.36. The summed E-state index contributed by atoms with van der Waals surface area (Å²) in [6, 6.07) is 1.83. The van der Waals surface area contributed by atoms with Gasteiger partial charge < -0.3 is 13.9 Å². The zero-order valence-corrected chi connectivity index (χ0v) is 21.0. The minimum Gasteiger partial charge on any atom is -0.464 e. The number of nitrogens with one attached hydrogen (secondary N) is 1. The van der Waals surface area contributed by atoms with Crippen LogP contribution in [0, 0.1) is 6.92 Å². The molecule has 0 spiro atoms. The summed E-state index contributed by atoms with van der Waals surface area (Å²) in [6.45, 7) is 19.3. The first kappa shape index (κ1) is 25.9. The summed E-state index contributed by atoms with van der Waals surface area (Å²) >= 11 is 0. The number of amides is 1. The van der Waals surface area contributed by atoms with Crippen molar-refractivity contribution in [3.8, 4) is 0 Å². The van der Waals surface area contributed by atoms with Gasteiger partial charge in [0.05, 0.1) is 26.0 Å². The molecule has 0 fully saturated rings. The molecule has 1 aromatic rings. The molecule has 8 nitrogen and oxygen atoms in total. The Bertz CT molecular complexity index is 786. The molecule has 0 saturated heterocycles. The predicted molar refractivity (Wildman–Crippen MR) is 119 cm³/mol. The number of aromatic nitrogens is 2. The lowest BCUT2D eigenvalue weighted by Crippen LogP contribution is -2.41. The molecule has 0 saturated carbocycles. The van der Waals surface area contributed by atoms with Crippen molar-refractivity contribution >= 4 is 26.5 Å². The van der Waals surface area contributed by atoms with Crippen molar-refractivity contribution in [2.24, 2.45) is 0 Å². The minimum atomic E-state index is -1.83. The number of nitrogens with zero attached hydrogens (tertiary/aromatic N) is 2. The summed E-state index contributed by atoms with van der Waals surface area (Å²) in [5, 5.41) is 7.09. The van der Waals surface area contributed by atoms with Crippen molar-refractivity contribution in [1.29, 1.82) is 0 Å². The molecule has 1 heterocycles. The van der Waals surface area contributed by atoms with E-state index in [1.165, 1.54) is 13.2 Å². The van der Waals surface area contributed by atoms with Gasteiger partial charge >= 0.3 is 12.1 Å². The van der Waals surface area contributed by atoms with Gasteiger partial charge in [-0.05, 0) is 58.0 Å². The fourth-order valence-electron chi connectivity index (χ4n) is 2.25. The molecule has 1 amide bonds. The smallest absolute Gasteiger partial charge is 0.412 e. The molecule has 1 aromatic heterocycles. The maximum atomic E-state index is 12.1. The minimum absolute atomic E-state index is 0.0473. The number of ether oxygens (including phenoxy) is 2. The van der Waals surface area contributed by atoms with Gasteiger partial charge in [-0.2, -0.15) is 5.10 Å². The van der Waals surface area contributed by atoms with Gasteiger partial charge in [-0.15, -0.1) is 0 Å². The summed E-state index contributed by atoms with van der Waals surface area (Å²) in [7, 11) is -0.584. The Labute approximate surface area is 181 Å². The number of esters is 1. The van der Waals surface area contributed by atoms with E-state index in [0.29, 0.717) is 18.8 Å². The molecule has 0 aromatic carbocycles. The van der Waals surface area contributed by atoms with Crippen LogP contribution < -0.4 is 5.32 Å². The van der Waals surface area contributed by atoms with Gasteiger partial charge in [0.15, 0.2) is 8.32 Å². The quantitative estimate of drug-likeness (QED) is 0.388. The van der Waals surface area contributed by atoms with Gasteiger partial charge in [0.2, 0.25) is 0 Å². The van der Waals surface area contributed by atoms with Gasteiger partial charge in [-0.25, -0.2) is 9.59 Å². The Morgan fingerprint density at radius 3 is 2.30 bits per heavy atom. The number of rotatable bonds is 7. The van der Waals surface area contributed by atoms with E-state index in [2.05, 4.69) is 44.3 Å². The zero-order valence-electron chi connectivity index (χ0n) is 20.0. The highest BCUT2D eigenvalue weighted by atomic mass is 28.4. The summed E-state index contributed by atoms with van der Waals surface area (Å²) in [5.74, 6) is -0.686. The average molecular weight is 440 g/mol. The van der Waals surface area contributed by atoms with Crippen LogP contribution in [0.1, 0.15) is 52.9 Å². The van der Waals surface area contributed by atoms with Crippen molar-refractivity contribution in [3.05, 3.63) is 23.2 Å². The predicted octanol–water partition coefficient (Wildman–Crippen LogP) is 4.25. The molecular formula is C21H37N3O5Si. The number of hydrogen-bond acceptors (Lipinski definition) is 6. The molecule has 0 unspecified atom stereocenters. The number of hydrogen-bond donors (Lipinski definition) is 1. The van der Waals surface area contributed by atoms with Crippen LogP contribution in [0.4, 0.5) is 4.79 Å². The summed E-state index contributed by atoms with van der Waals surface area (Å²) in [4.78, 5) is 24.1. The van der Waals surface area contributed by atoms with Crippen LogP contribution in [0.5, 0.6) is 0 Å². The third-order valence-corrected chi connectivity index (χ3v) is 9.44. The molecular weight excluding hydrogens is 402 g/mol. The largest absolute Gasteiger partial charge is 0.464 e. The standard InChI is InChI=1S/C21H37N3O5Si/c1-15-13-16(23-24(15)11-12-28-30(9,10)21(5,6)7)14-17(18(25)27-8)22-19(26)29-20(2,3)4/h13-14H,11-12H2,1-10H3,(H,22,26). The molecule has 170 valence electrons. The van der Waals surface area contributed by atoms with Crippen molar-refractivity contribution in [3.63, 3.8) is 0 Å². The lowest BCUT2D eigenvalue weighted by molar-refractivity contribution is -0.136. The molecule has 9 heteroatoms. The Morgan fingerprint density at radius 2 is 1.80 bits per heavy atom. The van der Waals surface area contributed by atoms with Gasteiger partial charge in [-0.3, -0.25) is 10.00 Å². The van der Waals surface area contributed by atoms with Crippen molar-refractivity contribution in [2.75, 3.05) is 13.7 Å². The van der Waals surface area contributed by atoms with E-state index in [4.69, 9.17) is 13.9 Å². The number of methoxy groups -OCH3 is 1. The van der Waals surface area contributed by atoms with E-state index in [1.807, 2.05) is 17.7 Å². The number of carbonyl (C=O) groups is 2. The second-order valence-corrected chi connectivity index (χ2v) is 14.5. The zero-order chi connectivity index (χ0) is 23.3. The summed E-state index contributed by atoms with van der Waals surface area (Å²) in [6.07, 6.45) is 0.728. The topological polar surface area (TPSA) is 91.7 Å². The van der Waals surface area contributed by atoms with E-state index in [9.17, 15) is 9.59 Å². The first-order chi connectivity index (χ1) is 13.6. The summed E-state index contributed by atoms with van der Waals surface area (Å²) in [5.41, 5.74) is 0.708. The molecule has 1 rings (SSSR count). The highest BCUT2D eigenvalue weighted by Crippen LogP contribution is 2.36. The molecule has 0 aliphatic carbocycles. The molecule has 30 heavy (non-hydrogen) atoms. The second-order valence-electron chi connectivity index (χ2n) is 9.72. The van der Waals surface area contributed by atoms with Crippen molar-refractivity contribution in [2.45, 2.75) is 78.7 Å². The Morgan fingerprint density at radius 1 is 1.20 bits per heavy atom. The molecule has 1 N–H and O–H groups in total. The van der Waals surface area contributed by atoms with Crippen LogP contribution in [0.15, 0.2) is 11.8 Å². The summed E-state index contributed by atoms with van der Waals surface area (Å²) < 4.78 is 18.0. The third kappa shape index (κ3) is 7.95. The Hall–Kier alpha value is -2.13. The first-order valence-electron chi connectivity index (χ1n) is 10.0. The fourth-order valence-corrected chi connectivity index (χ4v) is 3.29. The van der Waals surface area contributed by atoms with Crippen LogP contribution in [0.2, 0.25) is 18.1 Å². The molecule has 0 atom stereocenters. The number of aryl methyl sites for hydroxylation is 1. The molecule has 0 radical (unpaired) electrons. The maximum absolute atomic E-state index is 12.1. The van der Waals surface area contributed by atoms with E-state index >= 15 is 0 Å². The molecule has 0 aliphatic rings. The van der Waals surface area contributed by atoms with Crippen LogP contribution in [0.25, 0.3) is 6.08 Å². The maximum Gasteiger partial charge on any atom is 0.412 e. The lowest BCUT2D eigenvalue weighted by Gasteiger charge is -2.36. The van der Waals surface area contributed by atoms with E-state index in [1.54, 1.807) is 20.8 Å². The second kappa shape index (κ2) is 9.78. The van der Waals surface area contributed by atoms with E-state index < -0.39 is 26.0 Å². The normalized spacial score (nSPS) is 13.2. The Balaban J connectivity index is 2.93. The molecule has 0 aliphatic heterocycles. The SMILES string of the molecule is COC(=O)C(=Cc1cc(C)n(CCO[Si](C)(C)C(C)(C)C)n1)NC(=O)OC(C)(C)C. The molecule has 0 bridgehead atoms. The van der Waals surface area contributed by atoms with Crippen LogP contribution in [-0.4, -0.2) is 49.5 Å².